The van der Waals surface area contributed by atoms with Crippen LogP contribution in [-0.4, -0.2) is 0 Å². The molecule has 0 heterocycles. The molecule has 0 unspecified atom stereocenters. The van der Waals surface area contributed by atoms with Crippen molar-refractivity contribution in [3.05, 3.63) is 36.0 Å². The molecule has 0 aromatic heterocycles. The van der Waals surface area contributed by atoms with E-state index in [2.05, 4.69) is 37.3 Å². The fourth-order valence-electron chi connectivity index (χ4n) is 1.39. The Kier molecular flexibility index (Phi) is 4.51. The monoisotopic (exact) mass is 162 g/mol. The minimum atomic E-state index is 1.11. The zero-order valence-corrected chi connectivity index (χ0v) is 7.92. The van der Waals surface area contributed by atoms with E-state index in [0.29, 0.717) is 0 Å². The SMILES string of the molecule is CCCCCC1=CCC=CC=C1. The number of hydrogen-bond acceptors (Lipinski definition) is 0. The maximum atomic E-state index is 2.33. The van der Waals surface area contributed by atoms with Crippen molar-refractivity contribution in [3.63, 3.8) is 0 Å². The fourth-order valence-corrected chi connectivity index (χ4v) is 1.39. The van der Waals surface area contributed by atoms with Crippen LogP contribution >= 0.6 is 0 Å². The normalized spacial score (nSPS) is 15.9. The molecule has 1 aliphatic carbocycles. The van der Waals surface area contributed by atoms with Crippen molar-refractivity contribution >= 4 is 0 Å². The highest BCUT2D eigenvalue weighted by Crippen LogP contribution is 2.13. The van der Waals surface area contributed by atoms with E-state index in [1.165, 1.54) is 31.3 Å². The molecule has 0 aromatic rings. The molecule has 0 atom stereocenters. The van der Waals surface area contributed by atoms with Crippen molar-refractivity contribution in [2.45, 2.75) is 39.0 Å². The molecule has 1 aliphatic rings. The molecule has 0 spiro atoms. The van der Waals surface area contributed by atoms with Gasteiger partial charge >= 0.3 is 0 Å². The van der Waals surface area contributed by atoms with Crippen molar-refractivity contribution in [3.8, 4) is 0 Å². The second-order valence-electron chi connectivity index (χ2n) is 3.26. The number of unbranched alkanes of at least 4 members (excludes halogenated alkanes) is 2. The van der Waals surface area contributed by atoms with Gasteiger partial charge in [-0.1, -0.05) is 55.7 Å². The van der Waals surface area contributed by atoms with E-state index in [1.54, 1.807) is 0 Å². The first kappa shape index (κ1) is 9.31. The van der Waals surface area contributed by atoms with Gasteiger partial charge in [0.15, 0.2) is 0 Å². The zero-order chi connectivity index (χ0) is 8.65. The lowest BCUT2D eigenvalue weighted by Gasteiger charge is -1.99. The van der Waals surface area contributed by atoms with Gasteiger partial charge in [0.25, 0.3) is 0 Å². The molecule has 66 valence electrons. The summed E-state index contributed by atoms with van der Waals surface area (Å²) < 4.78 is 0. The second kappa shape index (κ2) is 5.82. The Labute approximate surface area is 75.7 Å². The molecule has 0 saturated heterocycles. The van der Waals surface area contributed by atoms with Crippen molar-refractivity contribution in [2.75, 3.05) is 0 Å². The Morgan fingerprint density at radius 3 is 3.00 bits per heavy atom. The molecule has 0 aliphatic heterocycles. The molecular weight excluding hydrogens is 144 g/mol. The summed E-state index contributed by atoms with van der Waals surface area (Å²) in [5.41, 5.74) is 1.51. The predicted octanol–water partition coefficient (Wildman–Crippen LogP) is 4.01. The average Bonchev–Trinajstić information content (AvgIpc) is 2.33. The van der Waals surface area contributed by atoms with Crippen molar-refractivity contribution in [2.24, 2.45) is 0 Å². The smallest absolute Gasteiger partial charge is 0.0160 e. The summed E-state index contributed by atoms with van der Waals surface area (Å²) in [5.74, 6) is 0. The number of allylic oxidation sites excluding steroid dienone is 6. The highest BCUT2D eigenvalue weighted by molar-refractivity contribution is 5.26. The van der Waals surface area contributed by atoms with Gasteiger partial charge in [-0.25, -0.2) is 0 Å². The minimum Gasteiger partial charge on any atom is -0.0807 e. The Bertz CT molecular complexity index is 194. The molecule has 0 aromatic carbocycles. The number of hydrogen-bond donors (Lipinski definition) is 0. The topological polar surface area (TPSA) is 0 Å². The van der Waals surface area contributed by atoms with Crippen LogP contribution in [0.25, 0.3) is 0 Å². The summed E-state index contributed by atoms with van der Waals surface area (Å²) in [6.07, 6.45) is 17.4. The summed E-state index contributed by atoms with van der Waals surface area (Å²) in [6.45, 7) is 2.25. The quantitative estimate of drug-likeness (QED) is 0.548. The van der Waals surface area contributed by atoms with E-state index in [4.69, 9.17) is 0 Å². The lowest BCUT2D eigenvalue weighted by atomic mass is 10.1. The highest BCUT2D eigenvalue weighted by atomic mass is 14.0. The summed E-state index contributed by atoms with van der Waals surface area (Å²) in [7, 11) is 0. The lowest BCUT2D eigenvalue weighted by molar-refractivity contribution is 0.718. The molecule has 0 radical (unpaired) electrons. The third-order valence-corrected chi connectivity index (χ3v) is 2.14. The third-order valence-electron chi connectivity index (χ3n) is 2.14. The molecule has 0 fully saturated rings. The van der Waals surface area contributed by atoms with E-state index in [0.717, 1.165) is 6.42 Å². The molecule has 0 amide bonds. The molecule has 0 heteroatoms. The average molecular weight is 162 g/mol. The summed E-state index contributed by atoms with van der Waals surface area (Å²) in [5, 5.41) is 0. The van der Waals surface area contributed by atoms with Crippen LogP contribution in [-0.2, 0) is 0 Å². The van der Waals surface area contributed by atoms with E-state index in [9.17, 15) is 0 Å². The molecule has 0 nitrogen and oxygen atoms in total. The summed E-state index contributed by atoms with van der Waals surface area (Å²) in [6, 6.07) is 0. The van der Waals surface area contributed by atoms with Crippen molar-refractivity contribution in [1.82, 2.24) is 0 Å². The highest BCUT2D eigenvalue weighted by Gasteiger charge is 1.93. The van der Waals surface area contributed by atoms with E-state index < -0.39 is 0 Å². The maximum Gasteiger partial charge on any atom is -0.0160 e. The minimum absolute atomic E-state index is 1.11. The van der Waals surface area contributed by atoms with Crippen LogP contribution in [0.5, 0.6) is 0 Å². The summed E-state index contributed by atoms with van der Waals surface area (Å²) >= 11 is 0. The second-order valence-corrected chi connectivity index (χ2v) is 3.26. The Hall–Kier alpha value is -0.780. The van der Waals surface area contributed by atoms with E-state index >= 15 is 0 Å². The van der Waals surface area contributed by atoms with Crippen LogP contribution in [0.1, 0.15) is 39.0 Å². The van der Waals surface area contributed by atoms with Gasteiger partial charge in [0.05, 0.1) is 0 Å². The van der Waals surface area contributed by atoms with E-state index in [1.807, 2.05) is 0 Å². The molecule has 0 saturated carbocycles. The first-order valence-electron chi connectivity index (χ1n) is 4.95. The third kappa shape index (κ3) is 3.56. The van der Waals surface area contributed by atoms with Gasteiger partial charge < -0.3 is 0 Å². The molecule has 1 rings (SSSR count). The van der Waals surface area contributed by atoms with Crippen LogP contribution in [0.4, 0.5) is 0 Å². The Morgan fingerprint density at radius 1 is 1.25 bits per heavy atom. The van der Waals surface area contributed by atoms with Gasteiger partial charge in [-0.2, -0.15) is 0 Å². The summed E-state index contributed by atoms with van der Waals surface area (Å²) in [4.78, 5) is 0. The van der Waals surface area contributed by atoms with Gasteiger partial charge in [0, 0.05) is 0 Å². The van der Waals surface area contributed by atoms with Gasteiger partial charge in [-0.05, 0) is 19.3 Å². The first-order valence-corrected chi connectivity index (χ1v) is 4.95. The van der Waals surface area contributed by atoms with Crippen LogP contribution in [0.2, 0.25) is 0 Å². The van der Waals surface area contributed by atoms with Gasteiger partial charge in [0.2, 0.25) is 0 Å². The van der Waals surface area contributed by atoms with Crippen LogP contribution in [0, 0.1) is 0 Å². The fraction of sp³-hybridized carbons (Fsp3) is 0.500. The van der Waals surface area contributed by atoms with Crippen LogP contribution < -0.4 is 0 Å². The predicted molar refractivity (Wildman–Crippen MR) is 55.1 cm³/mol. The maximum absolute atomic E-state index is 2.33. The lowest BCUT2D eigenvalue weighted by Crippen LogP contribution is -1.79. The van der Waals surface area contributed by atoms with Gasteiger partial charge in [-0.3, -0.25) is 0 Å². The molecule has 0 N–H and O–H groups in total. The first-order chi connectivity index (χ1) is 5.93. The molecule has 12 heavy (non-hydrogen) atoms. The Balaban J connectivity index is 2.27. The van der Waals surface area contributed by atoms with Crippen molar-refractivity contribution in [1.29, 1.82) is 0 Å². The standard InChI is InChI=1S/C12H18/c1-2-3-6-9-12-10-7-4-5-8-11-12/h4-5,7,10-11H,2-3,6,8-9H2,1H3. The van der Waals surface area contributed by atoms with Crippen LogP contribution in [0.15, 0.2) is 36.0 Å². The van der Waals surface area contributed by atoms with Gasteiger partial charge in [-0.15, -0.1) is 0 Å². The largest absolute Gasteiger partial charge is 0.0807 e. The Morgan fingerprint density at radius 2 is 2.17 bits per heavy atom. The van der Waals surface area contributed by atoms with Gasteiger partial charge in [0.1, 0.15) is 0 Å². The zero-order valence-electron chi connectivity index (χ0n) is 7.92. The molecular formula is C12H18. The van der Waals surface area contributed by atoms with Crippen LogP contribution in [0.3, 0.4) is 0 Å². The van der Waals surface area contributed by atoms with Crippen molar-refractivity contribution < 1.29 is 0 Å². The van der Waals surface area contributed by atoms with E-state index in [-0.39, 0.29) is 0 Å². The number of rotatable bonds is 4. The molecule has 0 bridgehead atoms.